The first-order valence-corrected chi connectivity index (χ1v) is 8.91. The Labute approximate surface area is 148 Å². The molecule has 1 fully saturated rings. The number of carbonyl (C=O) groups excluding carboxylic acids is 2. The van der Waals surface area contributed by atoms with E-state index in [1.165, 1.54) is 0 Å². The Morgan fingerprint density at radius 1 is 1.28 bits per heavy atom. The third kappa shape index (κ3) is 3.89. The van der Waals surface area contributed by atoms with Crippen molar-refractivity contribution in [2.75, 3.05) is 24.7 Å². The number of nitrogens with one attached hydrogen (secondary N) is 1. The average Bonchev–Trinajstić information content (AvgIpc) is 2.96. The molecular formula is C19H26N2O4. The first kappa shape index (κ1) is 17.6. The number of fused-ring (bicyclic) bond motifs is 1. The number of hydrogen-bond acceptors (Lipinski definition) is 4. The summed E-state index contributed by atoms with van der Waals surface area (Å²) in [4.78, 5) is 26.6. The van der Waals surface area contributed by atoms with Gasteiger partial charge >= 0.3 is 0 Å². The van der Waals surface area contributed by atoms with Gasteiger partial charge in [0.15, 0.2) is 11.5 Å². The molecule has 1 saturated heterocycles. The van der Waals surface area contributed by atoms with E-state index in [4.69, 9.17) is 9.47 Å². The Morgan fingerprint density at radius 2 is 2.00 bits per heavy atom. The van der Waals surface area contributed by atoms with Gasteiger partial charge in [-0.15, -0.1) is 0 Å². The molecule has 0 aromatic heterocycles. The van der Waals surface area contributed by atoms with Crippen molar-refractivity contribution in [1.29, 1.82) is 0 Å². The molecule has 3 rings (SSSR count). The molecule has 0 unspecified atom stereocenters. The summed E-state index contributed by atoms with van der Waals surface area (Å²) in [5.74, 6) is 0.930. The van der Waals surface area contributed by atoms with Crippen LogP contribution in [0.1, 0.15) is 40.0 Å². The van der Waals surface area contributed by atoms with Gasteiger partial charge in [0.05, 0.1) is 5.92 Å². The third-order valence-electron chi connectivity index (χ3n) is 4.67. The minimum absolute atomic E-state index is 0.0369. The topological polar surface area (TPSA) is 67.9 Å². The van der Waals surface area contributed by atoms with E-state index in [0.717, 1.165) is 18.5 Å². The lowest BCUT2D eigenvalue weighted by Gasteiger charge is -2.27. The number of benzene rings is 1. The van der Waals surface area contributed by atoms with Crippen LogP contribution in [0, 0.1) is 5.92 Å². The summed E-state index contributed by atoms with van der Waals surface area (Å²) in [7, 11) is 0. The Balaban J connectivity index is 1.69. The van der Waals surface area contributed by atoms with Crippen LogP contribution in [0.2, 0.25) is 0 Å². The van der Waals surface area contributed by atoms with E-state index in [1.807, 2.05) is 32.0 Å². The number of ether oxygens (including phenoxy) is 2. The van der Waals surface area contributed by atoms with Crippen molar-refractivity contribution in [2.24, 2.45) is 5.92 Å². The Hall–Kier alpha value is -2.24. The van der Waals surface area contributed by atoms with Crippen molar-refractivity contribution in [2.45, 2.75) is 45.6 Å². The second-order valence-corrected chi connectivity index (χ2v) is 7.36. The van der Waals surface area contributed by atoms with Gasteiger partial charge in [0, 0.05) is 30.3 Å². The summed E-state index contributed by atoms with van der Waals surface area (Å²) in [5, 5.41) is 3.08. The van der Waals surface area contributed by atoms with Crippen LogP contribution in [0.3, 0.4) is 0 Å². The number of nitrogens with zero attached hydrogens (tertiary/aromatic N) is 1. The van der Waals surface area contributed by atoms with Crippen LogP contribution in [0.4, 0.5) is 5.69 Å². The summed E-state index contributed by atoms with van der Waals surface area (Å²) < 4.78 is 11.1. The summed E-state index contributed by atoms with van der Waals surface area (Å²) in [5.41, 5.74) is 0.497. The molecule has 25 heavy (non-hydrogen) atoms. The number of anilines is 1. The van der Waals surface area contributed by atoms with Gasteiger partial charge in [-0.1, -0.05) is 13.3 Å². The zero-order valence-corrected chi connectivity index (χ0v) is 15.1. The predicted octanol–water partition coefficient (Wildman–Crippen LogP) is 2.51. The maximum atomic E-state index is 12.6. The zero-order chi connectivity index (χ0) is 18.0. The van der Waals surface area contributed by atoms with Gasteiger partial charge in [0.2, 0.25) is 11.8 Å². The van der Waals surface area contributed by atoms with Gasteiger partial charge in [-0.3, -0.25) is 9.59 Å². The molecule has 0 saturated carbocycles. The van der Waals surface area contributed by atoms with Crippen molar-refractivity contribution >= 4 is 17.5 Å². The van der Waals surface area contributed by atoms with Crippen LogP contribution >= 0.6 is 0 Å². The maximum Gasteiger partial charge on any atom is 0.227 e. The molecule has 0 spiro atoms. The highest BCUT2D eigenvalue weighted by molar-refractivity contribution is 6.00. The maximum absolute atomic E-state index is 12.6. The predicted molar refractivity (Wildman–Crippen MR) is 95.0 cm³/mol. The molecular weight excluding hydrogens is 320 g/mol. The molecule has 1 aromatic rings. The van der Waals surface area contributed by atoms with Crippen molar-refractivity contribution in [3.8, 4) is 11.5 Å². The van der Waals surface area contributed by atoms with Crippen molar-refractivity contribution in [3.63, 3.8) is 0 Å². The first-order chi connectivity index (χ1) is 11.9. The number of hydrogen-bond donors (Lipinski definition) is 1. The standard InChI is InChI=1S/C19H26N2O4/c1-4-7-19(2,3)20-18(23)13-10-17(22)21(12-13)14-5-6-15-16(11-14)25-9-8-24-15/h5-6,11,13H,4,7-10,12H2,1-3H3,(H,20,23)/t13-/m0/s1. The molecule has 136 valence electrons. The molecule has 2 aliphatic rings. The largest absolute Gasteiger partial charge is 0.486 e. The third-order valence-corrected chi connectivity index (χ3v) is 4.67. The van der Waals surface area contributed by atoms with Gasteiger partial charge in [-0.25, -0.2) is 0 Å². The summed E-state index contributed by atoms with van der Waals surface area (Å²) in [6.07, 6.45) is 2.15. The lowest BCUT2D eigenvalue weighted by atomic mass is 9.97. The van der Waals surface area contributed by atoms with E-state index in [-0.39, 0.29) is 29.7 Å². The van der Waals surface area contributed by atoms with Crippen LogP contribution in [0.15, 0.2) is 18.2 Å². The van der Waals surface area contributed by atoms with E-state index in [0.29, 0.717) is 31.3 Å². The summed E-state index contributed by atoms with van der Waals surface area (Å²) in [6, 6.07) is 5.47. The van der Waals surface area contributed by atoms with E-state index < -0.39 is 0 Å². The molecule has 2 heterocycles. The quantitative estimate of drug-likeness (QED) is 0.889. The van der Waals surface area contributed by atoms with Crippen molar-refractivity contribution in [1.82, 2.24) is 5.32 Å². The van der Waals surface area contributed by atoms with E-state index in [2.05, 4.69) is 12.2 Å². The van der Waals surface area contributed by atoms with Gasteiger partial charge in [0.1, 0.15) is 13.2 Å². The second-order valence-electron chi connectivity index (χ2n) is 7.36. The highest BCUT2D eigenvalue weighted by atomic mass is 16.6. The SMILES string of the molecule is CCCC(C)(C)NC(=O)[C@H]1CC(=O)N(c2ccc3c(c2)OCCO3)C1. The van der Waals surface area contributed by atoms with Crippen LogP contribution in [0.5, 0.6) is 11.5 Å². The molecule has 2 amide bonds. The Kier molecular flexibility index (Phi) is 4.88. The summed E-state index contributed by atoms with van der Waals surface area (Å²) >= 11 is 0. The lowest BCUT2D eigenvalue weighted by molar-refractivity contribution is -0.127. The fraction of sp³-hybridized carbons (Fsp3) is 0.579. The van der Waals surface area contributed by atoms with Crippen LogP contribution < -0.4 is 19.7 Å². The zero-order valence-electron chi connectivity index (χ0n) is 15.1. The Bertz CT molecular complexity index is 671. The first-order valence-electron chi connectivity index (χ1n) is 8.91. The molecule has 2 aliphatic heterocycles. The smallest absolute Gasteiger partial charge is 0.227 e. The van der Waals surface area contributed by atoms with E-state index >= 15 is 0 Å². The number of carbonyl (C=O) groups is 2. The van der Waals surface area contributed by atoms with Gasteiger partial charge in [-0.2, -0.15) is 0 Å². The highest BCUT2D eigenvalue weighted by Gasteiger charge is 2.37. The Morgan fingerprint density at radius 3 is 2.72 bits per heavy atom. The molecule has 6 nitrogen and oxygen atoms in total. The second kappa shape index (κ2) is 6.94. The van der Waals surface area contributed by atoms with Crippen LogP contribution in [-0.4, -0.2) is 37.1 Å². The van der Waals surface area contributed by atoms with Gasteiger partial charge in [-0.05, 0) is 32.4 Å². The summed E-state index contributed by atoms with van der Waals surface area (Å²) in [6.45, 7) is 7.56. The number of amides is 2. The van der Waals surface area contributed by atoms with Gasteiger partial charge in [0.25, 0.3) is 0 Å². The molecule has 0 radical (unpaired) electrons. The van der Waals surface area contributed by atoms with Crippen molar-refractivity contribution < 1.29 is 19.1 Å². The average molecular weight is 346 g/mol. The molecule has 1 atom stereocenters. The van der Waals surface area contributed by atoms with Crippen LogP contribution in [-0.2, 0) is 9.59 Å². The molecule has 1 aromatic carbocycles. The normalized spacial score (nSPS) is 19.9. The molecule has 0 aliphatic carbocycles. The fourth-order valence-electron chi connectivity index (χ4n) is 3.46. The van der Waals surface area contributed by atoms with Crippen molar-refractivity contribution in [3.05, 3.63) is 18.2 Å². The molecule has 0 bridgehead atoms. The van der Waals surface area contributed by atoms with E-state index in [9.17, 15) is 9.59 Å². The van der Waals surface area contributed by atoms with Crippen LogP contribution in [0.25, 0.3) is 0 Å². The lowest BCUT2D eigenvalue weighted by Crippen LogP contribution is -2.46. The minimum Gasteiger partial charge on any atom is -0.486 e. The number of rotatable bonds is 5. The molecule has 1 N–H and O–H groups in total. The molecule has 6 heteroatoms. The van der Waals surface area contributed by atoms with E-state index in [1.54, 1.807) is 4.90 Å². The van der Waals surface area contributed by atoms with Gasteiger partial charge < -0.3 is 19.7 Å². The monoisotopic (exact) mass is 346 g/mol. The minimum atomic E-state index is -0.322. The highest BCUT2D eigenvalue weighted by Crippen LogP contribution is 2.36. The fourth-order valence-corrected chi connectivity index (χ4v) is 3.46.